The van der Waals surface area contributed by atoms with Crippen molar-refractivity contribution >= 4 is 30.0 Å². The van der Waals surface area contributed by atoms with E-state index in [0.29, 0.717) is 18.0 Å². The normalized spacial score (nSPS) is 16.9. The lowest BCUT2D eigenvalue weighted by molar-refractivity contribution is -0.136. The second-order valence-electron chi connectivity index (χ2n) is 9.12. The lowest BCUT2D eigenvalue weighted by Crippen LogP contribution is -2.33. The van der Waals surface area contributed by atoms with E-state index in [4.69, 9.17) is 19.3 Å². The van der Waals surface area contributed by atoms with E-state index in [1.807, 2.05) is 13.8 Å². The van der Waals surface area contributed by atoms with Gasteiger partial charge >= 0.3 is 12.1 Å². The molecule has 0 unspecified atom stereocenters. The highest BCUT2D eigenvalue weighted by molar-refractivity contribution is 5.92. The van der Waals surface area contributed by atoms with Crippen LogP contribution in [0.1, 0.15) is 56.7 Å². The molecule has 38 heavy (non-hydrogen) atoms. The number of H-pyrrole nitrogens is 1. The first-order valence-electron chi connectivity index (χ1n) is 12.2. The molecule has 3 rings (SSSR count). The number of hydrogen-bond donors (Lipinski definition) is 5. The highest BCUT2D eigenvalue weighted by Crippen LogP contribution is 2.36. The number of phenols is 1. The second-order valence-corrected chi connectivity index (χ2v) is 9.12. The van der Waals surface area contributed by atoms with Crippen LogP contribution in [-0.4, -0.2) is 77.0 Å². The number of carbonyl (C=O) groups excluding carboxylic acids is 2. The molecule has 1 aliphatic rings. The van der Waals surface area contributed by atoms with Gasteiger partial charge in [0.25, 0.3) is 5.91 Å². The number of anilines is 1. The van der Waals surface area contributed by atoms with Gasteiger partial charge in [0.1, 0.15) is 23.4 Å². The number of rotatable bonds is 12. The molecule has 0 aliphatic heterocycles. The summed E-state index contributed by atoms with van der Waals surface area (Å²) in [7, 11) is 1.42. The molecule has 1 aliphatic carbocycles. The third-order valence-electron chi connectivity index (χ3n) is 5.73. The van der Waals surface area contributed by atoms with Crippen LogP contribution in [0, 0.1) is 0 Å². The molecule has 1 aromatic carbocycles. The molecule has 206 valence electrons. The Kier molecular flexibility index (Phi) is 9.91. The molecule has 2 amide bonds. The van der Waals surface area contributed by atoms with Crippen molar-refractivity contribution in [3.63, 3.8) is 0 Å². The van der Waals surface area contributed by atoms with Crippen LogP contribution in [0.5, 0.6) is 17.2 Å². The minimum absolute atomic E-state index is 0.000558. The predicted octanol–water partition coefficient (Wildman–Crippen LogP) is 2.81. The largest absolute Gasteiger partial charge is 0.507 e. The number of aliphatic carboxylic acids is 1. The highest BCUT2D eigenvalue weighted by atomic mass is 16.6. The number of ether oxygens (including phenoxy) is 3. The number of methoxy groups -OCH3 is 1. The Balaban J connectivity index is 1.55. The number of aromatic hydroxyl groups is 1. The summed E-state index contributed by atoms with van der Waals surface area (Å²) in [6.07, 6.45) is 2.71. The summed E-state index contributed by atoms with van der Waals surface area (Å²) in [5.74, 6) is -0.807. The molecule has 2 atom stereocenters. The summed E-state index contributed by atoms with van der Waals surface area (Å²) in [5.41, 5.74) is 1.01. The summed E-state index contributed by atoms with van der Waals surface area (Å²) in [6.45, 7) is 3.35. The fourth-order valence-corrected chi connectivity index (χ4v) is 3.95. The van der Waals surface area contributed by atoms with Gasteiger partial charge in [-0.2, -0.15) is 5.10 Å². The summed E-state index contributed by atoms with van der Waals surface area (Å²) in [5, 5.41) is 31.5. The Bertz CT molecular complexity index is 1160. The van der Waals surface area contributed by atoms with Crippen LogP contribution in [0.3, 0.4) is 0 Å². The number of aromatic amines is 1. The zero-order valence-corrected chi connectivity index (χ0v) is 21.5. The molecule has 0 spiro atoms. The molecule has 2 aromatic rings. The maximum atomic E-state index is 12.5. The van der Waals surface area contributed by atoms with Crippen LogP contribution in [0.15, 0.2) is 23.2 Å². The van der Waals surface area contributed by atoms with Crippen LogP contribution in [0.25, 0.3) is 0 Å². The average Bonchev–Trinajstić information content (AvgIpc) is 3.50. The van der Waals surface area contributed by atoms with Crippen molar-refractivity contribution in [3.8, 4) is 17.2 Å². The Labute approximate surface area is 219 Å². The summed E-state index contributed by atoms with van der Waals surface area (Å²) in [6, 6.07) is 4.57. The summed E-state index contributed by atoms with van der Waals surface area (Å²) >= 11 is 0. The van der Waals surface area contributed by atoms with E-state index >= 15 is 0 Å². The van der Waals surface area contributed by atoms with Gasteiger partial charge in [-0.3, -0.25) is 19.7 Å². The van der Waals surface area contributed by atoms with Gasteiger partial charge in [0.15, 0.2) is 12.4 Å². The molecule has 1 aromatic heterocycles. The number of carbonyl (C=O) groups is 3. The first-order chi connectivity index (χ1) is 18.1. The minimum Gasteiger partial charge on any atom is -0.507 e. The number of alkyl carbamates (subject to hydrolysis) is 1. The van der Waals surface area contributed by atoms with Crippen LogP contribution < -0.4 is 20.1 Å². The first kappa shape index (κ1) is 28.3. The third kappa shape index (κ3) is 8.39. The SMILES string of the molecule is COc1cc(O)c(/C=N/CCC(=O)O)c(OCC(=O)Nc2cc([C@H]3CC[C@@H](OC(=O)NC(C)C)C3)[nH]n2)c1. The molecule has 1 saturated carbocycles. The van der Waals surface area contributed by atoms with E-state index in [1.54, 1.807) is 6.07 Å². The Hall–Kier alpha value is -4.29. The molecule has 1 fully saturated rings. The van der Waals surface area contributed by atoms with E-state index in [1.165, 1.54) is 25.5 Å². The number of nitrogens with one attached hydrogen (secondary N) is 3. The number of aliphatic imine (C=N–C) groups is 1. The van der Waals surface area contributed by atoms with Crippen LogP contribution >= 0.6 is 0 Å². The van der Waals surface area contributed by atoms with Gasteiger partial charge < -0.3 is 35.1 Å². The van der Waals surface area contributed by atoms with Gasteiger partial charge in [0.2, 0.25) is 0 Å². The number of aromatic nitrogens is 2. The number of hydrogen-bond acceptors (Lipinski definition) is 9. The van der Waals surface area contributed by atoms with Crippen molar-refractivity contribution < 1.29 is 38.8 Å². The molecule has 13 nitrogen and oxygen atoms in total. The number of amides is 2. The second kappa shape index (κ2) is 13.3. The fourth-order valence-electron chi connectivity index (χ4n) is 3.95. The fraction of sp³-hybridized carbons (Fsp3) is 0.480. The smallest absolute Gasteiger partial charge is 0.407 e. The minimum atomic E-state index is -0.995. The quantitative estimate of drug-likeness (QED) is 0.257. The number of benzene rings is 1. The van der Waals surface area contributed by atoms with Gasteiger partial charge in [0, 0.05) is 48.6 Å². The number of nitrogens with zero attached hydrogens (tertiary/aromatic N) is 2. The van der Waals surface area contributed by atoms with Crippen LogP contribution in [-0.2, 0) is 14.3 Å². The monoisotopic (exact) mass is 531 g/mol. The Morgan fingerprint density at radius 3 is 2.76 bits per heavy atom. The van der Waals surface area contributed by atoms with Crippen molar-refractivity contribution in [2.75, 3.05) is 25.6 Å². The molecular weight excluding hydrogens is 498 g/mol. The molecule has 5 N–H and O–H groups in total. The first-order valence-corrected chi connectivity index (χ1v) is 12.2. The van der Waals surface area contributed by atoms with Crippen LogP contribution in [0.2, 0.25) is 0 Å². The maximum Gasteiger partial charge on any atom is 0.407 e. The van der Waals surface area contributed by atoms with E-state index in [-0.39, 0.29) is 48.1 Å². The zero-order valence-electron chi connectivity index (χ0n) is 21.5. The van der Waals surface area contributed by atoms with Crippen molar-refractivity contribution in [1.29, 1.82) is 0 Å². The Morgan fingerprint density at radius 2 is 2.05 bits per heavy atom. The summed E-state index contributed by atoms with van der Waals surface area (Å²) < 4.78 is 16.2. The standard InChI is InChI=1S/C25H33N5O8/c1-14(2)27-25(35)38-16-5-4-15(8-16)19-11-22(30-29-19)28-23(32)13-37-21-10-17(36-3)9-20(31)18(21)12-26-7-6-24(33)34/h9-12,14-16,31H,4-8,13H2,1-3H3,(H,27,35)(H,33,34)(H2,28,29,30,32)/b26-12+/t15-,16+/m0/s1. The maximum absolute atomic E-state index is 12.5. The molecule has 0 radical (unpaired) electrons. The molecule has 0 bridgehead atoms. The predicted molar refractivity (Wildman–Crippen MR) is 137 cm³/mol. The Morgan fingerprint density at radius 1 is 1.26 bits per heavy atom. The van der Waals surface area contributed by atoms with E-state index in [0.717, 1.165) is 18.5 Å². The molecule has 1 heterocycles. The van der Waals surface area contributed by atoms with E-state index in [9.17, 15) is 19.5 Å². The third-order valence-corrected chi connectivity index (χ3v) is 5.73. The number of carboxylic acid groups (broad SMARTS) is 1. The van der Waals surface area contributed by atoms with Crippen molar-refractivity contribution in [1.82, 2.24) is 15.5 Å². The van der Waals surface area contributed by atoms with Gasteiger partial charge in [-0.15, -0.1) is 0 Å². The van der Waals surface area contributed by atoms with Gasteiger partial charge in [-0.25, -0.2) is 4.79 Å². The topological polar surface area (TPSA) is 184 Å². The highest BCUT2D eigenvalue weighted by Gasteiger charge is 2.30. The number of carboxylic acids is 1. The van der Waals surface area contributed by atoms with Gasteiger partial charge in [-0.1, -0.05) is 0 Å². The molecule has 0 saturated heterocycles. The average molecular weight is 532 g/mol. The zero-order chi connectivity index (χ0) is 27.7. The van der Waals surface area contributed by atoms with E-state index in [2.05, 4.69) is 25.8 Å². The molecular formula is C25H33N5O8. The number of phenolic OH excluding ortho intramolecular Hbond substituents is 1. The van der Waals surface area contributed by atoms with Crippen LogP contribution in [0.4, 0.5) is 10.6 Å². The lowest BCUT2D eigenvalue weighted by Gasteiger charge is -2.14. The van der Waals surface area contributed by atoms with Crippen molar-refractivity contribution in [3.05, 3.63) is 29.5 Å². The van der Waals surface area contributed by atoms with Gasteiger partial charge in [-0.05, 0) is 33.1 Å². The van der Waals surface area contributed by atoms with Gasteiger partial charge in [0.05, 0.1) is 19.1 Å². The molecule has 13 heteroatoms. The van der Waals surface area contributed by atoms with E-state index < -0.39 is 24.6 Å². The van der Waals surface area contributed by atoms with Crippen molar-refractivity contribution in [2.45, 2.75) is 57.6 Å². The lowest BCUT2D eigenvalue weighted by atomic mass is 10.0. The summed E-state index contributed by atoms with van der Waals surface area (Å²) in [4.78, 5) is 39.0. The van der Waals surface area contributed by atoms with Crippen molar-refractivity contribution in [2.24, 2.45) is 4.99 Å².